The molecule has 8 nitrogen and oxygen atoms in total. The highest BCUT2D eigenvalue weighted by molar-refractivity contribution is 5.93. The van der Waals surface area contributed by atoms with Gasteiger partial charge in [0.1, 0.15) is 0 Å². The van der Waals surface area contributed by atoms with Gasteiger partial charge in [0.15, 0.2) is 0 Å². The Morgan fingerprint density at radius 3 is 2.62 bits per heavy atom. The molecule has 32 heavy (non-hydrogen) atoms. The summed E-state index contributed by atoms with van der Waals surface area (Å²) < 4.78 is 19.7. The second kappa shape index (κ2) is 9.25. The zero-order valence-electron chi connectivity index (χ0n) is 18.7. The van der Waals surface area contributed by atoms with E-state index >= 15 is 0 Å². The summed E-state index contributed by atoms with van der Waals surface area (Å²) in [6.45, 7) is 3.01. The van der Waals surface area contributed by atoms with Gasteiger partial charge in [0.25, 0.3) is 0 Å². The molecule has 1 spiro atoms. The first kappa shape index (κ1) is 21.5. The molecule has 3 aliphatic heterocycles. The third-order valence-corrected chi connectivity index (χ3v) is 7.40. The first-order valence-corrected chi connectivity index (χ1v) is 12.2. The number of carbonyl (C=O) groups excluding carboxylic acids is 2. The van der Waals surface area contributed by atoms with E-state index in [4.69, 9.17) is 14.2 Å². The average Bonchev–Trinajstić information content (AvgIpc) is 3.15. The summed E-state index contributed by atoms with van der Waals surface area (Å²) in [7, 11) is 0. The summed E-state index contributed by atoms with van der Waals surface area (Å²) >= 11 is 0. The fourth-order valence-electron chi connectivity index (χ4n) is 5.85. The van der Waals surface area contributed by atoms with E-state index in [1.54, 1.807) is 0 Å². The number of fused-ring (bicyclic) bond motifs is 3. The van der Waals surface area contributed by atoms with Crippen LogP contribution in [0.15, 0.2) is 18.2 Å². The maximum atomic E-state index is 12.3. The summed E-state index contributed by atoms with van der Waals surface area (Å²) in [6, 6.07) is 2.05. The minimum absolute atomic E-state index is 0.0333. The highest BCUT2D eigenvalue weighted by atomic mass is 16.8. The molecule has 0 amide bonds. The molecule has 8 heteroatoms. The van der Waals surface area contributed by atoms with Gasteiger partial charge >= 0.3 is 17.8 Å². The summed E-state index contributed by atoms with van der Waals surface area (Å²) in [4.78, 5) is 26.8. The monoisotopic (exact) mass is 443 g/mol. The number of hydrogen-bond donors (Lipinski definition) is 0. The minimum atomic E-state index is -1.27. The first-order chi connectivity index (χ1) is 15.6. The van der Waals surface area contributed by atoms with Gasteiger partial charge in [-0.15, -0.1) is 5.10 Å². The number of rotatable bonds is 6. The smallest absolute Gasteiger partial charge is 0.335 e. The van der Waals surface area contributed by atoms with Crippen LogP contribution >= 0.6 is 0 Å². The van der Waals surface area contributed by atoms with E-state index in [-0.39, 0.29) is 5.92 Å². The predicted molar refractivity (Wildman–Crippen MR) is 116 cm³/mol. The van der Waals surface area contributed by atoms with E-state index in [9.17, 15) is 9.59 Å². The Labute approximate surface area is 188 Å². The lowest BCUT2D eigenvalue weighted by Crippen LogP contribution is -2.64. The van der Waals surface area contributed by atoms with Crippen LogP contribution in [0.1, 0.15) is 63.5 Å². The quantitative estimate of drug-likeness (QED) is 0.493. The third kappa shape index (κ3) is 4.29. The summed E-state index contributed by atoms with van der Waals surface area (Å²) in [6.07, 6.45) is 12.9. The zero-order chi connectivity index (χ0) is 22.0. The van der Waals surface area contributed by atoms with Crippen molar-refractivity contribution < 1.29 is 23.8 Å². The molecule has 1 saturated carbocycles. The molecular weight excluding hydrogens is 410 g/mol. The number of hydrogen-bond acceptors (Lipinski definition) is 7. The van der Waals surface area contributed by atoms with Crippen molar-refractivity contribution in [1.29, 1.82) is 0 Å². The number of ether oxygens (including phenoxy) is 3. The van der Waals surface area contributed by atoms with Crippen molar-refractivity contribution in [3.63, 3.8) is 0 Å². The molecule has 0 aromatic carbocycles. The molecule has 5 rings (SSSR count). The Hall–Kier alpha value is -2.35. The van der Waals surface area contributed by atoms with Gasteiger partial charge in [-0.1, -0.05) is 12.8 Å². The number of carbonyl (C=O) groups is 2. The van der Waals surface area contributed by atoms with Crippen molar-refractivity contribution in [3.8, 4) is 5.88 Å². The van der Waals surface area contributed by atoms with Gasteiger partial charge in [0, 0.05) is 43.5 Å². The second-order valence-electron chi connectivity index (χ2n) is 9.44. The van der Waals surface area contributed by atoms with Crippen LogP contribution in [0, 0.1) is 11.8 Å². The molecule has 1 aromatic heterocycles. The third-order valence-electron chi connectivity index (χ3n) is 7.40. The van der Waals surface area contributed by atoms with E-state index in [0.717, 1.165) is 58.0 Å². The van der Waals surface area contributed by atoms with Crippen molar-refractivity contribution in [3.05, 3.63) is 23.9 Å². The summed E-state index contributed by atoms with van der Waals surface area (Å²) in [5, 5.41) is 4.54. The fourth-order valence-corrected chi connectivity index (χ4v) is 5.85. The van der Waals surface area contributed by atoms with Crippen LogP contribution in [-0.4, -0.2) is 52.2 Å². The van der Waals surface area contributed by atoms with Gasteiger partial charge in [0.2, 0.25) is 5.88 Å². The van der Waals surface area contributed by atoms with Gasteiger partial charge in [-0.2, -0.15) is 0 Å². The molecule has 1 aromatic rings. The van der Waals surface area contributed by atoms with Crippen LogP contribution in [0.4, 0.5) is 0 Å². The van der Waals surface area contributed by atoms with E-state index < -0.39 is 17.8 Å². The van der Waals surface area contributed by atoms with Gasteiger partial charge in [-0.25, -0.2) is 14.5 Å². The Morgan fingerprint density at radius 1 is 1.00 bits per heavy atom. The van der Waals surface area contributed by atoms with Crippen LogP contribution < -0.4 is 4.74 Å². The first-order valence-electron chi connectivity index (χ1n) is 12.2. The van der Waals surface area contributed by atoms with Gasteiger partial charge < -0.3 is 14.2 Å². The molecule has 1 saturated heterocycles. The van der Waals surface area contributed by atoms with Crippen molar-refractivity contribution >= 4 is 11.9 Å². The maximum Gasteiger partial charge on any atom is 0.335 e. The minimum Gasteiger partial charge on any atom is -0.477 e. The molecule has 4 aliphatic rings. The zero-order valence-corrected chi connectivity index (χ0v) is 18.7. The second-order valence-corrected chi connectivity index (χ2v) is 9.44. The van der Waals surface area contributed by atoms with Crippen molar-refractivity contribution in [2.24, 2.45) is 11.8 Å². The van der Waals surface area contributed by atoms with Gasteiger partial charge in [0.05, 0.1) is 12.5 Å². The van der Waals surface area contributed by atoms with Crippen molar-refractivity contribution in [2.75, 3.05) is 19.7 Å². The number of unbranched alkanes of at least 4 members (excludes halogenated alkanes) is 1. The lowest BCUT2D eigenvalue weighted by atomic mass is 9.72. The number of aryl methyl sites for hydroxylation is 2. The molecule has 0 bridgehead atoms. The van der Waals surface area contributed by atoms with Crippen molar-refractivity contribution in [2.45, 2.75) is 76.7 Å². The fraction of sp³-hybridized carbons (Fsp3) is 0.708. The Bertz CT molecular complexity index is 835. The standard InChI is InChI=1S/C24H33N3O5/c28-22-10-11-23(29)32-24(31-22)20-9-2-1-7-18(20)12-15-26(24)13-5-6-16-30-21-17-19-8-3-4-14-27(19)25-21/h10-11,17-18,20H,1-9,12-16H2. The lowest BCUT2D eigenvalue weighted by molar-refractivity contribution is -0.330. The molecule has 2 fully saturated rings. The molecule has 174 valence electrons. The summed E-state index contributed by atoms with van der Waals surface area (Å²) in [5.74, 6) is -1.11. The van der Waals surface area contributed by atoms with E-state index in [1.807, 2.05) is 0 Å². The van der Waals surface area contributed by atoms with Gasteiger partial charge in [-0.3, -0.25) is 4.68 Å². The van der Waals surface area contributed by atoms with Gasteiger partial charge in [-0.05, 0) is 57.3 Å². The number of piperidine rings is 1. The maximum absolute atomic E-state index is 12.3. The number of likely N-dealkylation sites (tertiary alicyclic amines) is 1. The SMILES string of the molecule is O=C1C=CC(=O)OC2(O1)C1CCCCC1CCN2CCCCOc1cc2n(n1)CCCC2. The lowest BCUT2D eigenvalue weighted by Gasteiger charge is -2.52. The van der Waals surface area contributed by atoms with E-state index in [2.05, 4.69) is 20.7 Å². The Morgan fingerprint density at radius 2 is 1.81 bits per heavy atom. The van der Waals surface area contributed by atoms with Crippen LogP contribution in [0.25, 0.3) is 0 Å². The molecule has 0 N–H and O–H groups in total. The molecular formula is C24H33N3O5. The molecule has 0 radical (unpaired) electrons. The van der Waals surface area contributed by atoms with Crippen LogP contribution in [0.5, 0.6) is 5.88 Å². The average molecular weight is 444 g/mol. The highest BCUT2D eigenvalue weighted by Gasteiger charge is 2.57. The normalized spacial score (nSPS) is 27.2. The van der Waals surface area contributed by atoms with Crippen molar-refractivity contribution in [1.82, 2.24) is 14.7 Å². The molecule has 2 atom stereocenters. The Balaban J connectivity index is 1.20. The molecule has 1 aliphatic carbocycles. The number of esters is 2. The van der Waals surface area contributed by atoms with E-state index in [0.29, 0.717) is 24.9 Å². The molecule has 4 heterocycles. The Kier molecular flexibility index (Phi) is 6.22. The van der Waals surface area contributed by atoms with E-state index in [1.165, 1.54) is 37.1 Å². The topological polar surface area (TPSA) is 82.9 Å². The summed E-state index contributed by atoms with van der Waals surface area (Å²) in [5.41, 5.74) is 1.26. The largest absolute Gasteiger partial charge is 0.477 e. The molecule has 2 unspecified atom stereocenters. The number of aromatic nitrogens is 2. The van der Waals surface area contributed by atoms with Crippen LogP contribution in [-0.2, 0) is 32.0 Å². The highest BCUT2D eigenvalue weighted by Crippen LogP contribution is 2.47. The van der Waals surface area contributed by atoms with Crippen LogP contribution in [0.2, 0.25) is 0 Å². The van der Waals surface area contributed by atoms with Crippen LogP contribution in [0.3, 0.4) is 0 Å². The number of nitrogens with zero attached hydrogens (tertiary/aromatic N) is 3. The predicted octanol–water partition coefficient (Wildman–Crippen LogP) is 3.20.